The molecule has 1 aromatic carbocycles. The minimum atomic E-state index is -1.08. The van der Waals surface area contributed by atoms with E-state index in [-0.39, 0.29) is 23.8 Å². The van der Waals surface area contributed by atoms with E-state index in [9.17, 15) is 9.59 Å². The summed E-state index contributed by atoms with van der Waals surface area (Å²) in [6, 6.07) is 4.67. The van der Waals surface area contributed by atoms with Crippen LogP contribution < -0.4 is 4.74 Å². The Morgan fingerprint density at radius 3 is 2.67 bits per heavy atom. The highest BCUT2D eigenvalue weighted by Crippen LogP contribution is 2.23. The first-order valence-electron chi connectivity index (χ1n) is 5.51. The summed E-state index contributed by atoms with van der Waals surface area (Å²) in [7, 11) is 0. The van der Waals surface area contributed by atoms with Crippen molar-refractivity contribution in [1.82, 2.24) is 4.90 Å². The summed E-state index contributed by atoms with van der Waals surface area (Å²) in [4.78, 5) is 24.3. The lowest BCUT2D eigenvalue weighted by Gasteiger charge is -2.30. The standard InChI is InChI=1S/C12H12BrNO4/c13-8-2-3-10(9(6-8)12(16)17)18-7-11(15)14-4-1-5-14/h2-3,6H,1,4-5,7H2,(H,16,17). The van der Waals surface area contributed by atoms with Crippen LogP contribution in [0.2, 0.25) is 0 Å². The van der Waals surface area contributed by atoms with Crippen LogP contribution in [0.3, 0.4) is 0 Å². The number of benzene rings is 1. The predicted molar refractivity (Wildman–Crippen MR) is 67.8 cm³/mol. The Labute approximate surface area is 112 Å². The molecule has 0 bridgehead atoms. The highest BCUT2D eigenvalue weighted by atomic mass is 79.9. The highest BCUT2D eigenvalue weighted by Gasteiger charge is 2.21. The van der Waals surface area contributed by atoms with E-state index in [1.54, 1.807) is 11.0 Å². The van der Waals surface area contributed by atoms with E-state index >= 15 is 0 Å². The molecule has 1 aromatic rings. The summed E-state index contributed by atoms with van der Waals surface area (Å²) >= 11 is 3.19. The maximum absolute atomic E-state index is 11.6. The van der Waals surface area contributed by atoms with Crippen LogP contribution in [0.4, 0.5) is 0 Å². The second-order valence-electron chi connectivity index (χ2n) is 3.97. The molecule has 0 aromatic heterocycles. The molecule has 0 spiro atoms. The first kappa shape index (κ1) is 12.9. The maximum atomic E-state index is 11.6. The van der Waals surface area contributed by atoms with Gasteiger partial charge in [-0.25, -0.2) is 4.79 Å². The smallest absolute Gasteiger partial charge is 0.339 e. The minimum Gasteiger partial charge on any atom is -0.483 e. The van der Waals surface area contributed by atoms with Gasteiger partial charge in [0.2, 0.25) is 0 Å². The third-order valence-corrected chi connectivity index (χ3v) is 3.23. The molecule has 1 N–H and O–H groups in total. The molecule has 0 aliphatic carbocycles. The van der Waals surface area contributed by atoms with Gasteiger partial charge in [0.05, 0.1) is 0 Å². The molecule has 1 aliphatic heterocycles. The zero-order chi connectivity index (χ0) is 13.1. The molecule has 96 valence electrons. The van der Waals surface area contributed by atoms with Crippen molar-refractivity contribution in [3.8, 4) is 5.75 Å². The van der Waals surface area contributed by atoms with E-state index in [1.807, 2.05) is 0 Å². The topological polar surface area (TPSA) is 66.8 Å². The summed E-state index contributed by atoms with van der Waals surface area (Å²) < 4.78 is 5.93. The highest BCUT2D eigenvalue weighted by molar-refractivity contribution is 9.10. The molecule has 0 unspecified atom stereocenters. The fourth-order valence-electron chi connectivity index (χ4n) is 1.59. The first-order chi connectivity index (χ1) is 8.58. The van der Waals surface area contributed by atoms with Crippen LogP contribution in [0.25, 0.3) is 0 Å². The van der Waals surface area contributed by atoms with Crippen molar-refractivity contribution >= 4 is 27.8 Å². The number of carboxylic acids is 1. The number of amides is 1. The van der Waals surface area contributed by atoms with E-state index in [1.165, 1.54) is 12.1 Å². The van der Waals surface area contributed by atoms with Crippen LogP contribution >= 0.6 is 15.9 Å². The van der Waals surface area contributed by atoms with Gasteiger partial charge in [-0.3, -0.25) is 4.79 Å². The third-order valence-electron chi connectivity index (χ3n) is 2.73. The third kappa shape index (κ3) is 2.81. The second kappa shape index (κ2) is 5.39. The summed E-state index contributed by atoms with van der Waals surface area (Å²) in [5, 5.41) is 9.03. The van der Waals surface area contributed by atoms with Gasteiger partial charge < -0.3 is 14.7 Å². The number of carbonyl (C=O) groups is 2. The van der Waals surface area contributed by atoms with E-state index < -0.39 is 5.97 Å². The molecule has 2 rings (SSSR count). The van der Waals surface area contributed by atoms with Gasteiger partial charge in [-0.1, -0.05) is 15.9 Å². The van der Waals surface area contributed by atoms with E-state index in [0.29, 0.717) is 4.47 Å². The van der Waals surface area contributed by atoms with Gasteiger partial charge >= 0.3 is 5.97 Å². The predicted octanol–water partition coefficient (Wildman–Crippen LogP) is 1.76. The van der Waals surface area contributed by atoms with Crippen molar-refractivity contribution in [2.45, 2.75) is 6.42 Å². The summed E-state index contributed by atoms with van der Waals surface area (Å²) in [6.45, 7) is 1.39. The van der Waals surface area contributed by atoms with Gasteiger partial charge in [-0.15, -0.1) is 0 Å². The molecule has 6 heteroatoms. The molecule has 1 fully saturated rings. The average molecular weight is 314 g/mol. The van der Waals surface area contributed by atoms with Crippen LogP contribution in [0.1, 0.15) is 16.8 Å². The van der Waals surface area contributed by atoms with Crippen molar-refractivity contribution < 1.29 is 19.4 Å². The molecule has 1 aliphatic rings. The fraction of sp³-hybridized carbons (Fsp3) is 0.333. The number of likely N-dealkylation sites (tertiary alicyclic amines) is 1. The number of hydrogen-bond acceptors (Lipinski definition) is 3. The largest absolute Gasteiger partial charge is 0.483 e. The van der Waals surface area contributed by atoms with Gasteiger partial charge in [0, 0.05) is 17.6 Å². The normalized spacial score (nSPS) is 13.9. The molecule has 0 radical (unpaired) electrons. The molecular weight excluding hydrogens is 302 g/mol. The van der Waals surface area contributed by atoms with Crippen LogP contribution in [0, 0.1) is 0 Å². The van der Waals surface area contributed by atoms with E-state index in [2.05, 4.69) is 15.9 Å². The van der Waals surface area contributed by atoms with Crippen molar-refractivity contribution in [3.63, 3.8) is 0 Å². The fourth-order valence-corrected chi connectivity index (χ4v) is 1.95. The van der Waals surface area contributed by atoms with E-state index in [4.69, 9.17) is 9.84 Å². The average Bonchev–Trinajstić information content (AvgIpc) is 2.24. The van der Waals surface area contributed by atoms with Gasteiger partial charge in [0.1, 0.15) is 11.3 Å². The van der Waals surface area contributed by atoms with E-state index in [0.717, 1.165) is 19.5 Å². The minimum absolute atomic E-state index is 0.0424. The molecule has 1 saturated heterocycles. The van der Waals surface area contributed by atoms with Gasteiger partial charge in [0.15, 0.2) is 6.61 Å². The Hall–Kier alpha value is -1.56. The van der Waals surface area contributed by atoms with Crippen molar-refractivity contribution in [1.29, 1.82) is 0 Å². The zero-order valence-electron chi connectivity index (χ0n) is 9.56. The van der Waals surface area contributed by atoms with Crippen molar-refractivity contribution in [3.05, 3.63) is 28.2 Å². The Bertz CT molecular complexity index is 485. The quantitative estimate of drug-likeness (QED) is 0.919. The lowest BCUT2D eigenvalue weighted by Crippen LogP contribution is -2.44. The Kier molecular flexibility index (Phi) is 3.86. The SMILES string of the molecule is O=C(O)c1cc(Br)ccc1OCC(=O)N1CCC1. The number of ether oxygens (including phenoxy) is 1. The van der Waals surface area contributed by atoms with Gasteiger partial charge in [-0.2, -0.15) is 0 Å². The summed E-state index contributed by atoms with van der Waals surface area (Å²) in [6.07, 6.45) is 1.02. The Balaban J connectivity index is 2.04. The maximum Gasteiger partial charge on any atom is 0.339 e. The molecule has 1 amide bonds. The molecular formula is C12H12BrNO4. The zero-order valence-corrected chi connectivity index (χ0v) is 11.1. The number of aromatic carboxylic acids is 1. The lowest BCUT2D eigenvalue weighted by atomic mass is 10.2. The van der Waals surface area contributed by atoms with Crippen LogP contribution in [0.15, 0.2) is 22.7 Å². The van der Waals surface area contributed by atoms with Gasteiger partial charge in [-0.05, 0) is 24.6 Å². The molecule has 0 saturated carbocycles. The number of hydrogen-bond donors (Lipinski definition) is 1. The number of nitrogens with zero attached hydrogens (tertiary/aromatic N) is 1. The monoisotopic (exact) mass is 313 g/mol. The number of carboxylic acid groups (broad SMARTS) is 1. The molecule has 5 nitrogen and oxygen atoms in total. The second-order valence-corrected chi connectivity index (χ2v) is 4.88. The number of halogens is 1. The summed E-state index contributed by atoms with van der Waals surface area (Å²) in [5.41, 5.74) is 0.0424. The molecule has 18 heavy (non-hydrogen) atoms. The molecule has 0 atom stereocenters. The van der Waals surface area contributed by atoms with Crippen LogP contribution in [-0.4, -0.2) is 41.6 Å². The summed E-state index contributed by atoms with van der Waals surface area (Å²) in [5.74, 6) is -0.984. The lowest BCUT2D eigenvalue weighted by molar-refractivity contribution is -0.136. The first-order valence-corrected chi connectivity index (χ1v) is 6.30. The van der Waals surface area contributed by atoms with Gasteiger partial charge in [0.25, 0.3) is 5.91 Å². The van der Waals surface area contributed by atoms with Crippen LogP contribution in [0.5, 0.6) is 5.75 Å². The van der Waals surface area contributed by atoms with Crippen molar-refractivity contribution in [2.24, 2.45) is 0 Å². The number of carbonyl (C=O) groups excluding carboxylic acids is 1. The Morgan fingerprint density at radius 1 is 1.39 bits per heavy atom. The van der Waals surface area contributed by atoms with Crippen LogP contribution in [-0.2, 0) is 4.79 Å². The Morgan fingerprint density at radius 2 is 2.11 bits per heavy atom. The number of rotatable bonds is 4. The van der Waals surface area contributed by atoms with Crippen molar-refractivity contribution in [2.75, 3.05) is 19.7 Å². The molecule has 1 heterocycles.